The summed E-state index contributed by atoms with van der Waals surface area (Å²) in [4.78, 5) is 35.1. The van der Waals surface area contributed by atoms with Gasteiger partial charge in [0, 0.05) is 18.1 Å². The fraction of sp³-hybridized carbons (Fsp3) is 0.200. The lowest BCUT2D eigenvalue weighted by Gasteiger charge is -2.13. The van der Waals surface area contributed by atoms with Crippen molar-refractivity contribution in [1.82, 2.24) is 9.78 Å². The molecule has 1 atom stereocenters. The molecule has 0 spiro atoms. The number of esters is 1. The van der Waals surface area contributed by atoms with E-state index in [2.05, 4.69) is 10.4 Å². The first-order valence-corrected chi connectivity index (χ1v) is 7.17. The Kier molecular flexibility index (Phi) is 5.30. The molecule has 0 aliphatic heterocycles. The molecular formula is C15H13ClFN3O4. The van der Waals surface area contributed by atoms with E-state index in [4.69, 9.17) is 16.3 Å². The van der Waals surface area contributed by atoms with Crippen LogP contribution in [0.3, 0.4) is 0 Å². The topological polar surface area (TPSA) is 90.3 Å². The minimum atomic E-state index is -1.20. The van der Waals surface area contributed by atoms with Crippen molar-refractivity contribution >= 4 is 29.2 Å². The smallest absolute Gasteiger partial charge is 0.359 e. The second-order valence-corrected chi connectivity index (χ2v) is 5.28. The fourth-order valence-corrected chi connectivity index (χ4v) is 1.87. The molecule has 2 rings (SSSR count). The Labute approximate surface area is 141 Å². The number of anilines is 1. The van der Waals surface area contributed by atoms with Gasteiger partial charge in [0.1, 0.15) is 5.82 Å². The van der Waals surface area contributed by atoms with E-state index in [1.54, 1.807) is 0 Å². The number of amides is 1. The number of aryl methyl sites for hydroxylation is 1. The maximum Gasteiger partial charge on any atom is 0.359 e. The van der Waals surface area contributed by atoms with Crippen molar-refractivity contribution in [2.24, 2.45) is 7.05 Å². The average Bonchev–Trinajstić information content (AvgIpc) is 2.52. The number of nitrogens with one attached hydrogen (secondary N) is 1. The van der Waals surface area contributed by atoms with Crippen LogP contribution >= 0.6 is 11.6 Å². The summed E-state index contributed by atoms with van der Waals surface area (Å²) in [5.74, 6) is -2.33. The molecule has 9 heteroatoms. The Hall–Kier alpha value is -2.74. The quantitative estimate of drug-likeness (QED) is 0.846. The van der Waals surface area contributed by atoms with Crippen molar-refractivity contribution in [1.29, 1.82) is 0 Å². The zero-order valence-electron chi connectivity index (χ0n) is 12.7. The number of hydrogen-bond donors (Lipinski definition) is 1. The van der Waals surface area contributed by atoms with Gasteiger partial charge in [0.25, 0.3) is 11.5 Å². The molecule has 0 bridgehead atoms. The van der Waals surface area contributed by atoms with Gasteiger partial charge < -0.3 is 10.1 Å². The predicted octanol–water partition coefficient (Wildman–Crippen LogP) is 1.76. The van der Waals surface area contributed by atoms with E-state index in [1.165, 1.54) is 32.2 Å². The van der Waals surface area contributed by atoms with Crippen LogP contribution in [0.15, 0.2) is 35.1 Å². The predicted molar refractivity (Wildman–Crippen MR) is 84.4 cm³/mol. The molecule has 24 heavy (non-hydrogen) atoms. The summed E-state index contributed by atoms with van der Waals surface area (Å²) in [6.45, 7) is 1.32. The summed E-state index contributed by atoms with van der Waals surface area (Å²) in [6.07, 6.45) is -1.20. The molecule has 1 aromatic carbocycles. The van der Waals surface area contributed by atoms with E-state index in [1.807, 2.05) is 0 Å². The van der Waals surface area contributed by atoms with Crippen LogP contribution < -0.4 is 10.9 Å². The Morgan fingerprint density at radius 3 is 2.67 bits per heavy atom. The first-order chi connectivity index (χ1) is 11.3. The van der Waals surface area contributed by atoms with E-state index in [9.17, 15) is 18.8 Å². The molecule has 0 fully saturated rings. The van der Waals surface area contributed by atoms with Gasteiger partial charge in [0.2, 0.25) is 0 Å². The Morgan fingerprint density at radius 1 is 1.33 bits per heavy atom. The van der Waals surface area contributed by atoms with E-state index in [-0.39, 0.29) is 16.4 Å². The summed E-state index contributed by atoms with van der Waals surface area (Å²) in [7, 11) is 1.37. The molecule has 126 valence electrons. The third kappa shape index (κ3) is 4.17. The third-order valence-electron chi connectivity index (χ3n) is 3.01. The van der Waals surface area contributed by atoms with Crippen LogP contribution in [0.2, 0.25) is 5.02 Å². The SMILES string of the molecule is CC(OC(=O)c1ccc(=O)n(C)n1)C(=O)Nc1ccc(Cl)cc1F. The lowest BCUT2D eigenvalue weighted by Crippen LogP contribution is -2.31. The minimum absolute atomic E-state index is 0.0902. The molecule has 2 aromatic rings. The van der Waals surface area contributed by atoms with Gasteiger partial charge >= 0.3 is 5.97 Å². The molecule has 7 nitrogen and oxygen atoms in total. The Morgan fingerprint density at radius 2 is 2.04 bits per heavy atom. The average molecular weight is 354 g/mol. The first-order valence-electron chi connectivity index (χ1n) is 6.79. The Balaban J connectivity index is 2.04. The van der Waals surface area contributed by atoms with Crippen LogP contribution in [-0.4, -0.2) is 27.8 Å². The standard InChI is InChI=1S/C15H13ClFN3O4/c1-8(14(22)18-11-4-3-9(16)7-10(11)17)24-15(23)12-5-6-13(21)20(2)19-12/h3-8H,1-2H3,(H,18,22). The van der Waals surface area contributed by atoms with Crippen LogP contribution in [0, 0.1) is 5.82 Å². The van der Waals surface area contributed by atoms with Crippen molar-refractivity contribution in [3.63, 3.8) is 0 Å². The monoisotopic (exact) mass is 353 g/mol. The molecule has 1 unspecified atom stereocenters. The zero-order chi connectivity index (χ0) is 17.9. The molecule has 0 aliphatic carbocycles. The van der Waals surface area contributed by atoms with Gasteiger partial charge in [-0.25, -0.2) is 13.9 Å². The number of aromatic nitrogens is 2. The first kappa shape index (κ1) is 17.6. The number of halogens is 2. The zero-order valence-corrected chi connectivity index (χ0v) is 13.5. The van der Waals surface area contributed by atoms with Crippen molar-refractivity contribution in [3.05, 3.63) is 57.2 Å². The molecule has 1 N–H and O–H groups in total. The molecule has 0 aliphatic rings. The Bertz CT molecular complexity index is 853. The largest absolute Gasteiger partial charge is 0.448 e. The number of rotatable bonds is 4. The van der Waals surface area contributed by atoms with Crippen LogP contribution in [0.25, 0.3) is 0 Å². The number of carbonyl (C=O) groups is 2. The highest BCUT2D eigenvalue weighted by atomic mass is 35.5. The summed E-state index contributed by atoms with van der Waals surface area (Å²) in [5, 5.41) is 6.19. The van der Waals surface area contributed by atoms with Crippen molar-refractivity contribution < 1.29 is 18.7 Å². The lowest BCUT2D eigenvalue weighted by atomic mass is 10.3. The number of benzene rings is 1. The fourth-order valence-electron chi connectivity index (χ4n) is 1.71. The van der Waals surface area contributed by atoms with Crippen molar-refractivity contribution in [2.45, 2.75) is 13.0 Å². The van der Waals surface area contributed by atoms with E-state index >= 15 is 0 Å². The van der Waals surface area contributed by atoms with Gasteiger partial charge in [-0.3, -0.25) is 9.59 Å². The normalized spacial score (nSPS) is 11.7. The number of ether oxygens (including phenoxy) is 1. The second kappa shape index (κ2) is 7.22. The molecule has 1 heterocycles. The van der Waals surface area contributed by atoms with E-state index in [0.29, 0.717) is 0 Å². The van der Waals surface area contributed by atoms with E-state index in [0.717, 1.165) is 16.8 Å². The third-order valence-corrected chi connectivity index (χ3v) is 3.25. The number of nitrogens with zero attached hydrogens (tertiary/aromatic N) is 2. The highest BCUT2D eigenvalue weighted by Crippen LogP contribution is 2.19. The summed E-state index contributed by atoms with van der Waals surface area (Å²) in [6, 6.07) is 6.08. The highest BCUT2D eigenvalue weighted by molar-refractivity contribution is 6.30. The molecule has 0 saturated heterocycles. The molecular weight excluding hydrogens is 341 g/mol. The molecule has 0 saturated carbocycles. The van der Waals surface area contributed by atoms with Gasteiger partial charge in [-0.2, -0.15) is 5.10 Å². The van der Waals surface area contributed by atoms with Gasteiger partial charge in [0.15, 0.2) is 11.8 Å². The number of carbonyl (C=O) groups excluding carboxylic acids is 2. The number of hydrogen-bond acceptors (Lipinski definition) is 5. The van der Waals surface area contributed by atoms with E-state index < -0.39 is 29.4 Å². The second-order valence-electron chi connectivity index (χ2n) is 4.84. The van der Waals surface area contributed by atoms with Crippen molar-refractivity contribution in [2.75, 3.05) is 5.32 Å². The van der Waals surface area contributed by atoms with Gasteiger partial charge in [-0.15, -0.1) is 0 Å². The lowest BCUT2D eigenvalue weighted by molar-refractivity contribution is -0.123. The molecule has 0 radical (unpaired) electrons. The van der Waals surface area contributed by atoms with Crippen LogP contribution in [-0.2, 0) is 16.6 Å². The summed E-state index contributed by atoms with van der Waals surface area (Å²) in [5.41, 5.74) is -0.613. The van der Waals surface area contributed by atoms with Crippen LogP contribution in [0.1, 0.15) is 17.4 Å². The van der Waals surface area contributed by atoms with Gasteiger partial charge in [0.05, 0.1) is 5.69 Å². The van der Waals surface area contributed by atoms with Gasteiger partial charge in [-0.05, 0) is 31.2 Å². The van der Waals surface area contributed by atoms with Crippen LogP contribution in [0.5, 0.6) is 0 Å². The summed E-state index contributed by atoms with van der Waals surface area (Å²) >= 11 is 5.62. The van der Waals surface area contributed by atoms with Crippen LogP contribution in [0.4, 0.5) is 10.1 Å². The maximum atomic E-state index is 13.6. The maximum absolute atomic E-state index is 13.6. The molecule has 1 aromatic heterocycles. The highest BCUT2D eigenvalue weighted by Gasteiger charge is 2.21. The van der Waals surface area contributed by atoms with Crippen molar-refractivity contribution in [3.8, 4) is 0 Å². The van der Waals surface area contributed by atoms with Gasteiger partial charge in [-0.1, -0.05) is 11.6 Å². The summed E-state index contributed by atoms with van der Waals surface area (Å²) < 4.78 is 19.5. The molecule has 1 amide bonds. The minimum Gasteiger partial charge on any atom is -0.448 e.